The largest absolute Gasteiger partial charge is 0.467 e. The maximum atomic E-state index is 6.47. The topological polar surface area (TPSA) is 24.5 Å². The van der Waals surface area contributed by atoms with Crippen molar-refractivity contribution in [3.63, 3.8) is 0 Å². The third-order valence-corrected chi connectivity index (χ3v) is 5.06. The molecule has 2 aliphatic rings. The summed E-state index contributed by atoms with van der Waals surface area (Å²) in [4.78, 5) is 2.13. The van der Waals surface area contributed by atoms with Crippen molar-refractivity contribution in [2.45, 2.75) is 39.5 Å². The lowest BCUT2D eigenvalue weighted by molar-refractivity contribution is -0.107. The average molecular weight is 302 g/mol. The standard InChI is InChI=1S/C17H22N2OS/c1-10(2)9-19-16(21)18-14-12(4)17(19,5)20-15-11(3)7-6-8-13(14)15/h6-8,12,14H,1,9H2,2-5H3,(H,18,21). The molecule has 2 heterocycles. The van der Waals surface area contributed by atoms with Gasteiger partial charge < -0.3 is 15.0 Å². The van der Waals surface area contributed by atoms with Crippen LogP contribution in [0.3, 0.4) is 0 Å². The maximum Gasteiger partial charge on any atom is 0.187 e. The molecule has 21 heavy (non-hydrogen) atoms. The number of fused-ring (bicyclic) bond motifs is 4. The zero-order valence-corrected chi connectivity index (χ0v) is 13.9. The van der Waals surface area contributed by atoms with E-state index in [1.54, 1.807) is 0 Å². The monoisotopic (exact) mass is 302 g/mol. The number of thiocarbonyl (C=S) groups is 1. The fourth-order valence-electron chi connectivity index (χ4n) is 3.35. The first kappa shape index (κ1) is 14.4. The molecule has 0 spiro atoms. The highest BCUT2D eigenvalue weighted by molar-refractivity contribution is 7.80. The van der Waals surface area contributed by atoms with Gasteiger partial charge >= 0.3 is 0 Å². The number of aryl methyl sites for hydroxylation is 1. The Morgan fingerprint density at radius 1 is 1.52 bits per heavy atom. The van der Waals surface area contributed by atoms with Crippen LogP contribution in [0, 0.1) is 12.8 Å². The van der Waals surface area contributed by atoms with Gasteiger partial charge in [0.15, 0.2) is 10.8 Å². The summed E-state index contributed by atoms with van der Waals surface area (Å²) < 4.78 is 6.47. The normalized spacial score (nSPS) is 30.3. The van der Waals surface area contributed by atoms with E-state index in [1.807, 2.05) is 6.92 Å². The fourth-order valence-corrected chi connectivity index (χ4v) is 3.73. The molecule has 1 N–H and O–H groups in total. The van der Waals surface area contributed by atoms with Crippen molar-refractivity contribution in [2.24, 2.45) is 5.92 Å². The van der Waals surface area contributed by atoms with Gasteiger partial charge in [0.05, 0.1) is 6.04 Å². The van der Waals surface area contributed by atoms with E-state index in [0.29, 0.717) is 6.54 Å². The van der Waals surface area contributed by atoms with Crippen molar-refractivity contribution in [1.29, 1.82) is 0 Å². The Balaban J connectivity index is 2.12. The van der Waals surface area contributed by atoms with E-state index in [-0.39, 0.29) is 12.0 Å². The van der Waals surface area contributed by atoms with Gasteiger partial charge in [-0.2, -0.15) is 0 Å². The zero-order valence-electron chi connectivity index (χ0n) is 13.1. The van der Waals surface area contributed by atoms with Gasteiger partial charge in [-0.1, -0.05) is 37.3 Å². The van der Waals surface area contributed by atoms with Gasteiger partial charge in [-0.05, 0) is 38.6 Å². The molecule has 0 radical (unpaired) electrons. The lowest BCUT2D eigenvalue weighted by Gasteiger charge is -2.56. The van der Waals surface area contributed by atoms with Crippen LogP contribution in [0.1, 0.15) is 37.9 Å². The minimum absolute atomic E-state index is 0.201. The second kappa shape index (κ2) is 4.73. The molecule has 1 saturated heterocycles. The number of para-hydroxylation sites is 1. The van der Waals surface area contributed by atoms with Gasteiger partial charge in [0.2, 0.25) is 0 Å². The lowest BCUT2D eigenvalue weighted by Crippen LogP contribution is -2.69. The lowest BCUT2D eigenvalue weighted by atomic mass is 9.80. The first-order valence-electron chi connectivity index (χ1n) is 7.35. The molecule has 3 rings (SSSR count). The molecule has 112 valence electrons. The van der Waals surface area contributed by atoms with Crippen LogP contribution in [0.15, 0.2) is 30.4 Å². The molecule has 3 nitrogen and oxygen atoms in total. The summed E-state index contributed by atoms with van der Waals surface area (Å²) in [5, 5.41) is 4.24. The number of nitrogens with zero attached hydrogens (tertiary/aromatic N) is 1. The van der Waals surface area contributed by atoms with Gasteiger partial charge in [0.25, 0.3) is 0 Å². The van der Waals surface area contributed by atoms with Gasteiger partial charge in [0.1, 0.15) is 5.75 Å². The Morgan fingerprint density at radius 2 is 2.24 bits per heavy atom. The Morgan fingerprint density at radius 3 is 2.90 bits per heavy atom. The summed E-state index contributed by atoms with van der Waals surface area (Å²) in [6.45, 7) is 13.2. The van der Waals surface area contributed by atoms with E-state index in [2.05, 4.69) is 55.8 Å². The smallest absolute Gasteiger partial charge is 0.187 e. The summed E-state index contributed by atoms with van der Waals surface area (Å²) in [5.74, 6) is 1.28. The molecule has 0 amide bonds. The fraction of sp³-hybridized carbons (Fsp3) is 0.471. The highest BCUT2D eigenvalue weighted by Crippen LogP contribution is 2.48. The van der Waals surface area contributed by atoms with Crippen LogP contribution >= 0.6 is 12.2 Å². The van der Waals surface area contributed by atoms with Crippen molar-refractivity contribution >= 4 is 17.3 Å². The molecule has 2 aliphatic heterocycles. The van der Waals surface area contributed by atoms with E-state index in [9.17, 15) is 0 Å². The average Bonchev–Trinajstić information content (AvgIpc) is 2.40. The Labute approximate surface area is 132 Å². The van der Waals surface area contributed by atoms with Crippen LogP contribution in [-0.2, 0) is 0 Å². The molecule has 2 bridgehead atoms. The molecule has 1 aromatic carbocycles. The van der Waals surface area contributed by atoms with Crippen LogP contribution in [0.5, 0.6) is 5.75 Å². The SMILES string of the molecule is C=C(C)CN1C(=S)NC2c3cccc(C)c3OC1(C)C2C. The first-order valence-corrected chi connectivity index (χ1v) is 7.76. The van der Waals surface area contributed by atoms with Crippen LogP contribution in [0.2, 0.25) is 0 Å². The Hall–Kier alpha value is -1.55. The number of nitrogens with one attached hydrogen (secondary N) is 1. The second-order valence-corrected chi connectivity index (χ2v) is 6.80. The Bertz CT molecular complexity index is 627. The second-order valence-electron chi connectivity index (χ2n) is 6.41. The number of hydrogen-bond acceptors (Lipinski definition) is 2. The third kappa shape index (κ3) is 2.04. The zero-order chi connectivity index (χ0) is 15.4. The van der Waals surface area contributed by atoms with Gasteiger partial charge in [-0.25, -0.2) is 0 Å². The van der Waals surface area contributed by atoms with E-state index in [1.165, 1.54) is 11.1 Å². The van der Waals surface area contributed by atoms with Crippen molar-refractivity contribution in [3.05, 3.63) is 41.5 Å². The molecular weight excluding hydrogens is 280 g/mol. The van der Waals surface area contributed by atoms with Crippen molar-refractivity contribution in [1.82, 2.24) is 10.2 Å². The predicted molar refractivity (Wildman–Crippen MR) is 89.4 cm³/mol. The summed E-state index contributed by atoms with van der Waals surface area (Å²) >= 11 is 5.58. The summed E-state index contributed by atoms with van der Waals surface area (Å²) in [5.41, 5.74) is 3.01. The first-order chi connectivity index (χ1) is 9.84. The van der Waals surface area contributed by atoms with Gasteiger partial charge in [0, 0.05) is 18.0 Å². The van der Waals surface area contributed by atoms with Crippen molar-refractivity contribution < 1.29 is 4.74 Å². The number of benzene rings is 1. The molecular formula is C17H22N2OS. The van der Waals surface area contributed by atoms with Crippen LogP contribution < -0.4 is 10.1 Å². The van der Waals surface area contributed by atoms with Crippen molar-refractivity contribution in [3.8, 4) is 5.75 Å². The number of rotatable bonds is 2. The molecule has 3 unspecified atom stereocenters. The number of ether oxygens (including phenoxy) is 1. The van der Waals surface area contributed by atoms with E-state index in [0.717, 1.165) is 16.4 Å². The molecule has 0 aliphatic carbocycles. The highest BCUT2D eigenvalue weighted by atomic mass is 32.1. The molecule has 0 aromatic heterocycles. The summed E-state index contributed by atoms with van der Waals surface area (Å²) in [6, 6.07) is 6.51. The molecule has 1 fully saturated rings. The van der Waals surface area contributed by atoms with Crippen LogP contribution in [0.25, 0.3) is 0 Å². The highest BCUT2D eigenvalue weighted by Gasteiger charge is 2.53. The minimum atomic E-state index is -0.439. The van der Waals surface area contributed by atoms with E-state index >= 15 is 0 Å². The molecule has 4 heteroatoms. The molecule has 1 aromatic rings. The maximum absolute atomic E-state index is 6.47. The third-order valence-electron chi connectivity index (χ3n) is 4.72. The summed E-state index contributed by atoms with van der Waals surface area (Å²) in [6.07, 6.45) is 0. The summed E-state index contributed by atoms with van der Waals surface area (Å²) in [7, 11) is 0. The number of hydrogen-bond donors (Lipinski definition) is 1. The minimum Gasteiger partial charge on any atom is -0.467 e. The molecule has 0 saturated carbocycles. The van der Waals surface area contributed by atoms with Crippen LogP contribution in [-0.4, -0.2) is 22.3 Å². The quantitative estimate of drug-likeness (QED) is 0.667. The van der Waals surface area contributed by atoms with E-state index in [4.69, 9.17) is 17.0 Å². The molecule has 3 atom stereocenters. The van der Waals surface area contributed by atoms with Crippen molar-refractivity contribution in [2.75, 3.05) is 6.54 Å². The Kier molecular flexibility index (Phi) is 3.24. The van der Waals surface area contributed by atoms with Crippen LogP contribution in [0.4, 0.5) is 0 Å². The van der Waals surface area contributed by atoms with Gasteiger partial charge in [-0.3, -0.25) is 0 Å². The van der Waals surface area contributed by atoms with Gasteiger partial charge in [-0.15, -0.1) is 0 Å². The predicted octanol–water partition coefficient (Wildman–Crippen LogP) is 3.55. The van der Waals surface area contributed by atoms with E-state index < -0.39 is 5.72 Å².